The molecule has 1 saturated heterocycles. The van der Waals surface area contributed by atoms with Crippen LogP contribution in [0.5, 0.6) is 5.75 Å². The molecule has 47 heavy (non-hydrogen) atoms. The number of ether oxygens (including phenoxy) is 1. The third kappa shape index (κ3) is 11.4. The summed E-state index contributed by atoms with van der Waals surface area (Å²) in [6.45, 7) is 15.3. The highest BCUT2D eigenvalue weighted by Gasteiger charge is 2.31. The van der Waals surface area contributed by atoms with Gasteiger partial charge in [-0.1, -0.05) is 75.2 Å². The van der Waals surface area contributed by atoms with E-state index < -0.39 is 6.36 Å². The van der Waals surface area contributed by atoms with Crippen molar-refractivity contribution in [3.63, 3.8) is 0 Å². The molecule has 0 unspecified atom stereocenters. The number of hydrogen-bond acceptors (Lipinski definition) is 5. The summed E-state index contributed by atoms with van der Waals surface area (Å²) in [5.41, 5.74) is 4.98. The number of aryl methyl sites for hydroxylation is 1. The highest BCUT2D eigenvalue weighted by Crippen LogP contribution is 2.34. The Kier molecular flexibility index (Phi) is 15.8. The minimum Gasteiger partial charge on any atom is -0.406 e. The van der Waals surface area contributed by atoms with Crippen LogP contribution in [0, 0.1) is 0 Å². The maximum Gasteiger partial charge on any atom is 0.573 e. The average Bonchev–Trinajstić information content (AvgIpc) is 3.42. The van der Waals surface area contributed by atoms with E-state index in [1.807, 2.05) is 45.9 Å². The van der Waals surface area contributed by atoms with E-state index in [4.69, 9.17) is 28.3 Å². The van der Waals surface area contributed by atoms with Crippen LogP contribution in [0.25, 0.3) is 22.0 Å². The molecule has 2 N–H and O–H groups in total. The van der Waals surface area contributed by atoms with Crippen LogP contribution in [-0.4, -0.2) is 71.7 Å². The predicted molar refractivity (Wildman–Crippen MR) is 188 cm³/mol. The van der Waals surface area contributed by atoms with E-state index >= 15 is 0 Å². The van der Waals surface area contributed by atoms with Gasteiger partial charge in [0.1, 0.15) is 5.75 Å². The van der Waals surface area contributed by atoms with Crippen molar-refractivity contribution in [2.24, 2.45) is 0 Å². The Morgan fingerprint density at radius 1 is 0.830 bits per heavy atom. The first-order valence-electron chi connectivity index (χ1n) is 16.4. The molecule has 1 aliphatic rings. The topological polar surface area (TPSA) is 52.9 Å². The van der Waals surface area contributed by atoms with Gasteiger partial charge in [0.25, 0.3) is 0 Å². The van der Waals surface area contributed by atoms with E-state index in [1.165, 1.54) is 17.7 Å². The molecule has 258 valence electrons. The van der Waals surface area contributed by atoms with E-state index in [0.29, 0.717) is 16.6 Å². The number of rotatable bonds is 12. The van der Waals surface area contributed by atoms with Gasteiger partial charge in [0.2, 0.25) is 0 Å². The zero-order valence-electron chi connectivity index (χ0n) is 27.7. The maximum absolute atomic E-state index is 12.7. The summed E-state index contributed by atoms with van der Waals surface area (Å²) in [4.78, 5) is 4.80. The van der Waals surface area contributed by atoms with Crippen LogP contribution in [0.3, 0.4) is 0 Å². The number of benzene rings is 3. The second-order valence-corrected chi connectivity index (χ2v) is 11.6. The molecule has 0 amide bonds. The summed E-state index contributed by atoms with van der Waals surface area (Å²) in [7, 11) is 0. The fourth-order valence-electron chi connectivity index (χ4n) is 5.54. The third-order valence-electron chi connectivity index (χ3n) is 7.70. The molecule has 5 rings (SSSR count). The molecule has 0 atom stereocenters. The number of hydrogen-bond donors (Lipinski definition) is 2. The van der Waals surface area contributed by atoms with Crippen LogP contribution >= 0.6 is 23.2 Å². The number of piperazine rings is 1. The van der Waals surface area contributed by atoms with Crippen molar-refractivity contribution < 1.29 is 23.0 Å². The molecule has 0 bridgehead atoms. The Morgan fingerprint density at radius 2 is 1.45 bits per heavy atom. The molecule has 0 radical (unpaired) electrons. The Labute approximate surface area is 287 Å². The first-order chi connectivity index (χ1) is 22.7. The maximum atomic E-state index is 12.7. The summed E-state index contributed by atoms with van der Waals surface area (Å²) in [5, 5.41) is 14.7. The van der Waals surface area contributed by atoms with Crippen molar-refractivity contribution in [2.75, 3.05) is 45.9 Å². The van der Waals surface area contributed by atoms with Crippen LogP contribution in [0.15, 0.2) is 66.9 Å². The van der Waals surface area contributed by atoms with E-state index in [1.54, 1.807) is 12.1 Å². The molecule has 6 nitrogen and oxygen atoms in total. The highest BCUT2D eigenvalue weighted by molar-refractivity contribution is 6.35. The quantitative estimate of drug-likeness (QED) is 0.145. The lowest BCUT2D eigenvalue weighted by molar-refractivity contribution is -0.274. The Hall–Kier alpha value is -2.79. The molecule has 0 saturated carbocycles. The second-order valence-electron chi connectivity index (χ2n) is 10.7. The largest absolute Gasteiger partial charge is 0.573 e. The van der Waals surface area contributed by atoms with E-state index in [2.05, 4.69) is 48.8 Å². The molecule has 1 aliphatic heterocycles. The van der Waals surface area contributed by atoms with Crippen molar-refractivity contribution in [3.05, 3.63) is 88.0 Å². The van der Waals surface area contributed by atoms with Gasteiger partial charge in [-0.25, -0.2) is 0 Å². The van der Waals surface area contributed by atoms with Crippen LogP contribution < -0.4 is 10.1 Å². The van der Waals surface area contributed by atoms with Crippen LogP contribution in [0.1, 0.15) is 45.2 Å². The number of aliphatic hydroxyl groups excluding tert-OH is 1. The number of fused-ring (bicyclic) bond motifs is 1. The monoisotopic (exact) mass is 694 g/mol. The van der Waals surface area contributed by atoms with E-state index in [0.717, 1.165) is 86.4 Å². The minimum absolute atomic E-state index is 0.0954. The van der Waals surface area contributed by atoms with Crippen LogP contribution in [0.4, 0.5) is 13.2 Å². The lowest BCUT2D eigenvalue weighted by atomic mass is 10.0. The van der Waals surface area contributed by atoms with Gasteiger partial charge in [0.15, 0.2) is 0 Å². The van der Waals surface area contributed by atoms with E-state index in [-0.39, 0.29) is 12.4 Å². The summed E-state index contributed by atoms with van der Waals surface area (Å²) >= 11 is 12.8. The standard InChI is InChI=1S/C32H35Cl2F3N4O2.2C2H6/c33-29-3-1-4-30(34)28(29)21-40-16-14-39(15-17-40)20-23-5-10-31-26(19-23)27(22-41(31)13-2-11-38-12-18-42)24-6-8-25(9-7-24)43-32(35,36)37;2*1-2/h1,3-10,19,22,38,42H,2,11-18,20-21H2;2*1-2H3. The number of halogens is 5. The summed E-state index contributed by atoms with van der Waals surface area (Å²) in [5.74, 6) is -0.244. The predicted octanol–water partition coefficient (Wildman–Crippen LogP) is 8.86. The molecule has 0 spiro atoms. The van der Waals surface area contributed by atoms with Gasteiger partial charge in [-0.2, -0.15) is 0 Å². The molecule has 3 aromatic carbocycles. The number of nitrogens with one attached hydrogen (secondary N) is 1. The molecule has 1 aromatic heterocycles. The highest BCUT2D eigenvalue weighted by atomic mass is 35.5. The van der Waals surface area contributed by atoms with E-state index in [9.17, 15) is 13.2 Å². The van der Waals surface area contributed by atoms with Crippen molar-refractivity contribution in [1.29, 1.82) is 0 Å². The number of aromatic nitrogens is 1. The minimum atomic E-state index is -4.73. The number of alkyl halides is 3. The summed E-state index contributed by atoms with van der Waals surface area (Å²) < 4.78 is 44.4. The van der Waals surface area contributed by atoms with Crippen molar-refractivity contribution in [1.82, 2.24) is 19.7 Å². The molecule has 2 heterocycles. The Bertz CT molecular complexity index is 1480. The molecule has 0 aliphatic carbocycles. The first-order valence-corrected chi connectivity index (χ1v) is 17.1. The van der Waals surface area contributed by atoms with Crippen LogP contribution in [-0.2, 0) is 19.6 Å². The zero-order valence-corrected chi connectivity index (χ0v) is 29.2. The third-order valence-corrected chi connectivity index (χ3v) is 8.41. The van der Waals surface area contributed by atoms with Gasteiger partial charge in [0, 0.05) is 90.6 Å². The lowest BCUT2D eigenvalue weighted by Gasteiger charge is -2.35. The van der Waals surface area contributed by atoms with Gasteiger partial charge in [-0.15, -0.1) is 13.2 Å². The fraction of sp³-hybridized carbons (Fsp3) is 0.444. The molecule has 11 heteroatoms. The molecule has 1 fully saturated rings. The summed E-state index contributed by atoms with van der Waals surface area (Å²) in [6.07, 6.45) is -1.80. The fourth-order valence-corrected chi connectivity index (χ4v) is 6.06. The Morgan fingerprint density at radius 3 is 2.04 bits per heavy atom. The Balaban J connectivity index is 0.00000144. The molecular formula is C36H47Cl2F3N4O2. The lowest BCUT2D eigenvalue weighted by Crippen LogP contribution is -2.45. The first kappa shape index (κ1) is 38.7. The van der Waals surface area contributed by atoms with Crippen molar-refractivity contribution in [2.45, 2.75) is 60.1 Å². The zero-order chi connectivity index (χ0) is 34.4. The average molecular weight is 696 g/mol. The molecular weight excluding hydrogens is 648 g/mol. The van der Waals surface area contributed by atoms with Gasteiger partial charge < -0.3 is 19.7 Å². The molecule has 4 aromatic rings. The van der Waals surface area contributed by atoms with Crippen LogP contribution in [0.2, 0.25) is 10.0 Å². The number of aliphatic hydroxyl groups is 1. The van der Waals surface area contributed by atoms with Crippen molar-refractivity contribution in [3.8, 4) is 16.9 Å². The smallest absolute Gasteiger partial charge is 0.406 e. The normalized spacial score (nSPS) is 13.9. The second kappa shape index (κ2) is 19.3. The van der Waals surface area contributed by atoms with Gasteiger partial charge in [-0.05, 0) is 60.5 Å². The van der Waals surface area contributed by atoms with Gasteiger partial charge in [-0.3, -0.25) is 9.80 Å². The SMILES string of the molecule is CC.CC.OCCNCCCn1cc(-c2ccc(OC(F)(F)F)cc2)c2cc(CN3CCN(Cc4c(Cl)cccc4Cl)CC3)ccc21. The summed E-state index contributed by atoms with van der Waals surface area (Å²) in [6, 6.07) is 18.1. The van der Waals surface area contributed by atoms with Crippen molar-refractivity contribution >= 4 is 34.1 Å². The van der Waals surface area contributed by atoms with Gasteiger partial charge in [0.05, 0.1) is 6.61 Å². The number of nitrogens with zero attached hydrogens (tertiary/aromatic N) is 3. The van der Waals surface area contributed by atoms with Gasteiger partial charge >= 0.3 is 6.36 Å².